The fourth-order valence-corrected chi connectivity index (χ4v) is 4.44. The van der Waals surface area contributed by atoms with E-state index < -0.39 is 11.9 Å². The number of aromatic nitrogens is 3. The second-order valence-corrected chi connectivity index (χ2v) is 9.23. The van der Waals surface area contributed by atoms with Crippen LogP contribution in [0, 0.1) is 5.92 Å². The first-order valence-corrected chi connectivity index (χ1v) is 12.8. The van der Waals surface area contributed by atoms with Gasteiger partial charge in [0, 0.05) is 6.54 Å². The Morgan fingerprint density at radius 3 is 2.58 bits per heavy atom. The number of para-hydroxylation sites is 1. The summed E-state index contributed by atoms with van der Waals surface area (Å²) in [7, 11) is 0. The highest BCUT2D eigenvalue weighted by molar-refractivity contribution is 5.91. The Labute approximate surface area is 211 Å². The van der Waals surface area contributed by atoms with Crippen LogP contribution in [0.1, 0.15) is 68.3 Å². The molecule has 3 rings (SSSR count). The smallest absolute Gasteiger partial charge is 0.273 e. The number of unbranched alkanes of at least 4 members (excludes halogenated alkanes) is 1. The van der Waals surface area contributed by atoms with E-state index in [2.05, 4.69) is 31.7 Å². The highest BCUT2D eigenvalue weighted by atomic mass is 16.2. The van der Waals surface area contributed by atoms with Crippen molar-refractivity contribution in [2.45, 2.75) is 63.8 Å². The molecule has 0 saturated heterocycles. The molecule has 11 nitrogen and oxygen atoms in total. The summed E-state index contributed by atoms with van der Waals surface area (Å²) in [5, 5.41) is 16.6. The van der Waals surface area contributed by atoms with Crippen molar-refractivity contribution < 1.29 is 14.4 Å². The zero-order chi connectivity index (χ0) is 25.6. The Kier molecular flexibility index (Phi) is 11.3. The van der Waals surface area contributed by atoms with Gasteiger partial charge in [0.2, 0.25) is 5.91 Å². The third-order valence-electron chi connectivity index (χ3n) is 6.49. The van der Waals surface area contributed by atoms with E-state index in [1.807, 2.05) is 30.3 Å². The first-order chi connectivity index (χ1) is 17.6. The molecule has 196 valence electrons. The van der Waals surface area contributed by atoms with E-state index in [9.17, 15) is 14.4 Å². The molecule has 6 N–H and O–H groups in total. The van der Waals surface area contributed by atoms with Crippen LogP contribution in [-0.2, 0) is 9.59 Å². The number of carbonyl (C=O) groups excluding carboxylic acids is 3. The number of hydrazine groups is 1. The van der Waals surface area contributed by atoms with Crippen molar-refractivity contribution in [2.24, 2.45) is 11.8 Å². The molecule has 1 aliphatic carbocycles. The van der Waals surface area contributed by atoms with Gasteiger partial charge in [0.25, 0.3) is 11.8 Å². The fraction of sp³-hybridized carbons (Fsp3) is 0.560. The van der Waals surface area contributed by atoms with Crippen molar-refractivity contribution in [1.29, 1.82) is 0 Å². The molecule has 1 aromatic carbocycles. The number of hydrogen-bond acceptors (Lipinski definition) is 7. The number of nitrogens with two attached hydrogens (primary N) is 1. The molecule has 36 heavy (non-hydrogen) atoms. The van der Waals surface area contributed by atoms with Crippen molar-refractivity contribution >= 4 is 17.7 Å². The Hall–Kier alpha value is -3.31. The SMILES string of the molecule is NNC(=O)[C@H](CCCCNC(=O)c1cn(-c2ccccc2)nn1)NC(=O)CNCCC1CCCCC1. The predicted molar refractivity (Wildman–Crippen MR) is 136 cm³/mol. The number of nitrogens with one attached hydrogen (secondary N) is 4. The van der Waals surface area contributed by atoms with E-state index >= 15 is 0 Å². The Bertz CT molecular complexity index is 959. The maximum atomic E-state index is 12.3. The fourth-order valence-electron chi connectivity index (χ4n) is 4.44. The summed E-state index contributed by atoms with van der Waals surface area (Å²) in [5.41, 5.74) is 3.15. The maximum absolute atomic E-state index is 12.3. The largest absolute Gasteiger partial charge is 0.351 e. The third kappa shape index (κ3) is 9.04. The molecule has 1 heterocycles. The van der Waals surface area contributed by atoms with E-state index in [4.69, 9.17) is 5.84 Å². The summed E-state index contributed by atoms with van der Waals surface area (Å²) >= 11 is 0. The highest BCUT2D eigenvalue weighted by Gasteiger charge is 2.20. The summed E-state index contributed by atoms with van der Waals surface area (Å²) < 4.78 is 1.54. The molecular formula is C25H38N8O3. The molecule has 11 heteroatoms. The van der Waals surface area contributed by atoms with Crippen LogP contribution in [0.25, 0.3) is 5.69 Å². The first kappa shape index (κ1) is 27.3. The minimum absolute atomic E-state index is 0.167. The van der Waals surface area contributed by atoms with Gasteiger partial charge < -0.3 is 16.0 Å². The summed E-state index contributed by atoms with van der Waals surface area (Å²) in [6.07, 6.45) is 10.8. The van der Waals surface area contributed by atoms with Crippen LogP contribution in [0.4, 0.5) is 0 Å². The van der Waals surface area contributed by atoms with Crippen LogP contribution in [0.2, 0.25) is 0 Å². The van der Waals surface area contributed by atoms with Gasteiger partial charge in [-0.1, -0.05) is 55.5 Å². The van der Waals surface area contributed by atoms with Gasteiger partial charge in [-0.05, 0) is 50.3 Å². The van der Waals surface area contributed by atoms with Crippen LogP contribution in [0.5, 0.6) is 0 Å². The zero-order valence-corrected chi connectivity index (χ0v) is 20.7. The topological polar surface area (TPSA) is 156 Å². The Morgan fingerprint density at radius 2 is 1.83 bits per heavy atom. The van der Waals surface area contributed by atoms with Crippen molar-refractivity contribution in [2.75, 3.05) is 19.6 Å². The molecule has 0 radical (unpaired) electrons. The van der Waals surface area contributed by atoms with Crippen LogP contribution >= 0.6 is 0 Å². The lowest BCUT2D eigenvalue weighted by atomic mass is 9.87. The van der Waals surface area contributed by atoms with Gasteiger partial charge in [0.1, 0.15) is 6.04 Å². The van der Waals surface area contributed by atoms with Gasteiger partial charge >= 0.3 is 0 Å². The lowest BCUT2D eigenvalue weighted by molar-refractivity contribution is -0.128. The Balaban J connectivity index is 1.32. The summed E-state index contributed by atoms with van der Waals surface area (Å²) in [5.74, 6) is 5.05. The predicted octanol–water partition coefficient (Wildman–Crippen LogP) is 1.20. The van der Waals surface area contributed by atoms with E-state index in [1.165, 1.54) is 32.1 Å². The number of benzene rings is 1. The molecule has 0 bridgehead atoms. The normalized spacial score (nSPS) is 14.7. The lowest BCUT2D eigenvalue weighted by Gasteiger charge is -2.21. The number of amides is 3. The second kappa shape index (κ2) is 14.9. The van der Waals surface area contributed by atoms with Gasteiger partial charge in [0.05, 0.1) is 18.4 Å². The average Bonchev–Trinajstić information content (AvgIpc) is 3.41. The second-order valence-electron chi connectivity index (χ2n) is 9.23. The molecule has 0 spiro atoms. The van der Waals surface area contributed by atoms with E-state index in [0.717, 1.165) is 24.6 Å². The van der Waals surface area contributed by atoms with Crippen LogP contribution < -0.4 is 27.2 Å². The number of nitrogens with zero attached hydrogens (tertiary/aromatic N) is 3. The minimum Gasteiger partial charge on any atom is -0.351 e. The molecule has 1 atom stereocenters. The molecule has 1 fully saturated rings. The molecule has 0 aliphatic heterocycles. The van der Waals surface area contributed by atoms with Gasteiger partial charge in [-0.2, -0.15) is 0 Å². The molecule has 1 saturated carbocycles. The standard InChI is InChI=1S/C25H38N8O3/c26-30-25(36)21(29-23(34)17-27-16-14-19-9-3-1-4-10-19)13-7-8-15-28-24(35)22-18-33(32-31-22)20-11-5-2-6-12-20/h2,5-6,11-12,18-19,21,27H,1,3-4,7-10,13-17,26H2,(H,28,35)(H,29,34)(H,30,36)/t21-/m0/s1. The monoisotopic (exact) mass is 498 g/mol. The summed E-state index contributed by atoms with van der Waals surface area (Å²) in [6, 6.07) is 8.69. The van der Waals surface area contributed by atoms with E-state index in [1.54, 1.807) is 10.9 Å². The Morgan fingerprint density at radius 1 is 1.06 bits per heavy atom. The molecule has 2 aromatic rings. The maximum Gasteiger partial charge on any atom is 0.273 e. The van der Waals surface area contributed by atoms with Crippen LogP contribution in [0.3, 0.4) is 0 Å². The molecular weight excluding hydrogens is 460 g/mol. The van der Waals surface area contributed by atoms with Crippen LogP contribution in [0.15, 0.2) is 36.5 Å². The van der Waals surface area contributed by atoms with Gasteiger partial charge in [-0.3, -0.25) is 19.8 Å². The van der Waals surface area contributed by atoms with Crippen molar-refractivity contribution in [3.63, 3.8) is 0 Å². The number of hydrogen-bond donors (Lipinski definition) is 5. The van der Waals surface area contributed by atoms with E-state index in [-0.39, 0.29) is 24.1 Å². The quantitative estimate of drug-likeness (QED) is 0.113. The van der Waals surface area contributed by atoms with Crippen molar-refractivity contribution in [3.8, 4) is 5.69 Å². The molecule has 3 amide bonds. The van der Waals surface area contributed by atoms with Gasteiger partial charge in [-0.15, -0.1) is 5.10 Å². The average molecular weight is 499 g/mol. The summed E-state index contributed by atoms with van der Waals surface area (Å²) in [4.78, 5) is 36.7. The molecule has 1 aliphatic rings. The molecule has 1 aromatic heterocycles. The highest BCUT2D eigenvalue weighted by Crippen LogP contribution is 2.25. The van der Waals surface area contributed by atoms with Gasteiger partial charge in [0.15, 0.2) is 5.69 Å². The van der Waals surface area contributed by atoms with Gasteiger partial charge in [-0.25, -0.2) is 10.5 Å². The van der Waals surface area contributed by atoms with E-state index in [0.29, 0.717) is 25.8 Å². The zero-order valence-electron chi connectivity index (χ0n) is 20.7. The van der Waals surface area contributed by atoms with Crippen molar-refractivity contribution in [3.05, 3.63) is 42.2 Å². The van der Waals surface area contributed by atoms with Crippen molar-refractivity contribution in [1.82, 2.24) is 36.4 Å². The summed E-state index contributed by atoms with van der Waals surface area (Å²) in [6.45, 7) is 1.37. The number of rotatable bonds is 14. The lowest BCUT2D eigenvalue weighted by Crippen LogP contribution is -2.50. The molecule has 0 unspecified atom stereocenters. The third-order valence-corrected chi connectivity index (χ3v) is 6.49. The number of carbonyl (C=O) groups is 3. The minimum atomic E-state index is -0.718. The van der Waals surface area contributed by atoms with Crippen LogP contribution in [-0.4, -0.2) is 58.4 Å². The first-order valence-electron chi connectivity index (χ1n) is 12.8.